The molecule has 14 rings (SSSR count). The molecule has 298 valence electrons. The van der Waals surface area contributed by atoms with Gasteiger partial charge in [-0.2, -0.15) is 0 Å². The summed E-state index contributed by atoms with van der Waals surface area (Å²) in [5, 5.41) is 4.81. The van der Waals surface area contributed by atoms with Gasteiger partial charge in [-0.1, -0.05) is 182 Å². The zero-order valence-electron chi connectivity index (χ0n) is 34.6. The van der Waals surface area contributed by atoms with Crippen LogP contribution < -0.4 is 4.90 Å². The molecule has 0 saturated heterocycles. The minimum Gasteiger partial charge on any atom is -0.456 e. The normalized spacial score (nSPS) is 13.1. The van der Waals surface area contributed by atoms with Gasteiger partial charge < -0.3 is 9.32 Å². The summed E-state index contributed by atoms with van der Waals surface area (Å²) in [7, 11) is 0. The van der Waals surface area contributed by atoms with Crippen LogP contribution in [-0.4, -0.2) is 0 Å². The molecular formula is C61H37NOS. The molecule has 0 N–H and O–H groups in total. The maximum absolute atomic E-state index is 6.53. The molecule has 0 radical (unpaired) electrons. The Morgan fingerprint density at radius 1 is 0.312 bits per heavy atom. The Labute approximate surface area is 374 Å². The highest BCUT2D eigenvalue weighted by atomic mass is 32.1. The highest BCUT2D eigenvalue weighted by Crippen LogP contribution is 2.65. The van der Waals surface area contributed by atoms with Crippen LogP contribution in [0.5, 0.6) is 0 Å². The standard InChI is InChI=1S/C61H37NOS/c1-8-27-47-38(18-1)39-19-2-9-28-48(39)61(47)49-29-10-3-22-44(49)60-50(61)30-17-33-53(60)62(51-31-11-4-20-40(51)42-25-15-35-55-58(42)45-23-6-13-34-54(45)63-55)52-32-12-5-21-41(52)43-26-16-37-57-59(43)46-24-7-14-36-56(46)64-57/h1-37H. The molecule has 0 bridgehead atoms. The fourth-order valence-corrected chi connectivity index (χ4v) is 12.6. The fraction of sp³-hybridized carbons (Fsp3) is 0.0164. The van der Waals surface area contributed by atoms with Gasteiger partial charge in [0, 0.05) is 47.6 Å². The van der Waals surface area contributed by atoms with E-state index < -0.39 is 5.41 Å². The summed E-state index contributed by atoms with van der Waals surface area (Å²) in [6, 6.07) is 82.9. The maximum Gasteiger partial charge on any atom is 0.136 e. The topological polar surface area (TPSA) is 16.4 Å². The van der Waals surface area contributed by atoms with Crippen molar-refractivity contribution in [1.82, 2.24) is 0 Å². The zero-order chi connectivity index (χ0) is 41.9. The Morgan fingerprint density at radius 3 is 1.48 bits per heavy atom. The number of hydrogen-bond acceptors (Lipinski definition) is 3. The lowest BCUT2D eigenvalue weighted by Crippen LogP contribution is -2.26. The van der Waals surface area contributed by atoms with Crippen LogP contribution >= 0.6 is 11.3 Å². The summed E-state index contributed by atoms with van der Waals surface area (Å²) in [6.07, 6.45) is 0. The second-order valence-electron chi connectivity index (χ2n) is 17.0. The van der Waals surface area contributed by atoms with Gasteiger partial charge in [-0.3, -0.25) is 0 Å². The van der Waals surface area contributed by atoms with E-state index in [2.05, 4.69) is 229 Å². The van der Waals surface area contributed by atoms with Crippen LogP contribution in [0.15, 0.2) is 229 Å². The first-order valence-electron chi connectivity index (χ1n) is 22.0. The first kappa shape index (κ1) is 35.6. The van der Waals surface area contributed by atoms with Crippen LogP contribution in [0.3, 0.4) is 0 Å². The van der Waals surface area contributed by atoms with Crippen molar-refractivity contribution in [2.24, 2.45) is 0 Å². The number of hydrogen-bond donors (Lipinski definition) is 0. The number of nitrogens with zero attached hydrogens (tertiary/aromatic N) is 1. The Morgan fingerprint density at radius 2 is 0.766 bits per heavy atom. The van der Waals surface area contributed by atoms with Crippen LogP contribution in [0.25, 0.3) is 86.6 Å². The van der Waals surface area contributed by atoms with Crippen LogP contribution in [0.2, 0.25) is 0 Å². The van der Waals surface area contributed by atoms with Gasteiger partial charge in [0.2, 0.25) is 0 Å². The van der Waals surface area contributed by atoms with Crippen molar-refractivity contribution < 1.29 is 4.42 Å². The van der Waals surface area contributed by atoms with Gasteiger partial charge in [0.05, 0.1) is 22.5 Å². The molecule has 0 amide bonds. The lowest BCUT2D eigenvalue weighted by Gasteiger charge is -2.33. The van der Waals surface area contributed by atoms with E-state index in [1.54, 1.807) is 0 Å². The molecule has 2 aromatic heterocycles. The molecule has 0 saturated carbocycles. The number of benzene rings is 10. The van der Waals surface area contributed by atoms with E-state index in [4.69, 9.17) is 4.42 Å². The largest absolute Gasteiger partial charge is 0.456 e. The Balaban J connectivity index is 1.11. The summed E-state index contributed by atoms with van der Waals surface area (Å²) >= 11 is 1.87. The molecule has 2 aliphatic rings. The molecule has 3 heteroatoms. The first-order valence-corrected chi connectivity index (χ1v) is 22.8. The number of fused-ring (bicyclic) bond motifs is 16. The van der Waals surface area contributed by atoms with E-state index in [0.29, 0.717) is 0 Å². The van der Waals surface area contributed by atoms with Crippen LogP contribution in [0.1, 0.15) is 22.3 Å². The summed E-state index contributed by atoms with van der Waals surface area (Å²) < 4.78 is 9.11. The molecule has 1 spiro atoms. The quantitative estimate of drug-likeness (QED) is 0.172. The van der Waals surface area contributed by atoms with E-state index in [1.807, 2.05) is 11.3 Å². The van der Waals surface area contributed by atoms with Crippen molar-refractivity contribution in [3.63, 3.8) is 0 Å². The van der Waals surface area contributed by atoms with Crippen LogP contribution in [0.4, 0.5) is 17.1 Å². The third-order valence-corrected chi connectivity index (χ3v) is 15.1. The van der Waals surface area contributed by atoms with Gasteiger partial charge in [0.1, 0.15) is 11.2 Å². The second-order valence-corrected chi connectivity index (χ2v) is 18.1. The van der Waals surface area contributed by atoms with Gasteiger partial charge in [0.15, 0.2) is 0 Å². The Kier molecular flexibility index (Phi) is 7.51. The van der Waals surface area contributed by atoms with E-state index >= 15 is 0 Å². The van der Waals surface area contributed by atoms with Gasteiger partial charge in [-0.05, 0) is 92.5 Å². The predicted molar refractivity (Wildman–Crippen MR) is 268 cm³/mol. The molecular weight excluding hydrogens is 795 g/mol. The third-order valence-electron chi connectivity index (χ3n) is 13.9. The summed E-state index contributed by atoms with van der Waals surface area (Å²) in [4.78, 5) is 2.57. The minimum absolute atomic E-state index is 0.484. The molecule has 0 aliphatic heterocycles. The number of thiophene rings is 1. The average molecular weight is 832 g/mol. The molecule has 2 nitrogen and oxygen atoms in total. The zero-order valence-corrected chi connectivity index (χ0v) is 35.4. The van der Waals surface area contributed by atoms with Crippen molar-refractivity contribution >= 4 is 70.5 Å². The molecule has 0 unspecified atom stereocenters. The van der Waals surface area contributed by atoms with E-state index in [-0.39, 0.29) is 0 Å². The molecule has 0 atom stereocenters. The Hall–Kier alpha value is -7.98. The molecule has 2 aliphatic carbocycles. The molecule has 12 aromatic rings. The minimum atomic E-state index is -0.484. The van der Waals surface area contributed by atoms with Crippen molar-refractivity contribution in [3.05, 3.63) is 247 Å². The maximum atomic E-state index is 6.53. The van der Waals surface area contributed by atoms with Crippen molar-refractivity contribution in [1.29, 1.82) is 0 Å². The number of para-hydroxylation sites is 3. The van der Waals surface area contributed by atoms with E-state index in [9.17, 15) is 0 Å². The summed E-state index contributed by atoms with van der Waals surface area (Å²) in [5.41, 5.74) is 19.7. The Bertz CT molecular complexity index is 3680. The molecule has 0 fully saturated rings. The summed E-state index contributed by atoms with van der Waals surface area (Å²) in [6.45, 7) is 0. The first-order chi connectivity index (χ1) is 31.8. The van der Waals surface area contributed by atoms with Gasteiger partial charge in [-0.25, -0.2) is 0 Å². The smallest absolute Gasteiger partial charge is 0.136 e. The van der Waals surface area contributed by atoms with Crippen molar-refractivity contribution in [2.75, 3.05) is 4.90 Å². The second kappa shape index (κ2) is 13.5. The van der Waals surface area contributed by atoms with Gasteiger partial charge in [-0.15, -0.1) is 11.3 Å². The van der Waals surface area contributed by atoms with E-state index in [0.717, 1.165) is 50.1 Å². The molecule has 10 aromatic carbocycles. The lowest BCUT2D eigenvalue weighted by atomic mass is 9.70. The van der Waals surface area contributed by atoms with Gasteiger partial charge >= 0.3 is 0 Å². The van der Waals surface area contributed by atoms with Crippen molar-refractivity contribution in [2.45, 2.75) is 5.41 Å². The highest BCUT2D eigenvalue weighted by molar-refractivity contribution is 7.25. The number of rotatable bonds is 5. The average Bonchev–Trinajstić information content (AvgIpc) is 4.10. The summed E-state index contributed by atoms with van der Waals surface area (Å²) in [5.74, 6) is 0. The molecule has 2 heterocycles. The number of furan rings is 1. The lowest BCUT2D eigenvalue weighted by molar-refractivity contribution is 0.669. The fourth-order valence-electron chi connectivity index (χ4n) is 11.5. The third kappa shape index (κ3) is 4.74. The van der Waals surface area contributed by atoms with Crippen LogP contribution in [0, 0.1) is 0 Å². The predicted octanol–water partition coefficient (Wildman–Crippen LogP) is 17.1. The highest BCUT2D eigenvalue weighted by Gasteiger charge is 2.52. The SMILES string of the molecule is c1ccc(N(c2ccccc2-c2cccc3sc4ccccc4c23)c2cccc3c2-c2ccccc2C32c3ccccc3-c3ccccc32)c(-c2cccc3oc4ccccc4c23)c1. The van der Waals surface area contributed by atoms with Crippen LogP contribution in [-0.2, 0) is 5.41 Å². The van der Waals surface area contributed by atoms with E-state index in [1.165, 1.54) is 75.8 Å². The monoisotopic (exact) mass is 831 g/mol. The number of anilines is 3. The van der Waals surface area contributed by atoms with Gasteiger partial charge in [0.25, 0.3) is 0 Å². The molecule has 64 heavy (non-hydrogen) atoms. The van der Waals surface area contributed by atoms with Crippen molar-refractivity contribution in [3.8, 4) is 44.5 Å².